The molecular formula is C16H17ClF3N5. The average molecular weight is 372 g/mol. The zero-order valence-corrected chi connectivity index (χ0v) is 14.6. The lowest BCUT2D eigenvalue weighted by Gasteiger charge is -2.36. The third kappa shape index (κ3) is 3.95. The minimum atomic E-state index is -4.45. The Morgan fingerprint density at radius 2 is 1.64 bits per heavy atom. The van der Waals surface area contributed by atoms with Crippen molar-refractivity contribution in [3.8, 4) is 0 Å². The number of pyridine rings is 1. The molecule has 0 unspecified atom stereocenters. The number of halogens is 4. The fourth-order valence-electron chi connectivity index (χ4n) is 2.83. The van der Waals surface area contributed by atoms with Gasteiger partial charge in [-0.15, -0.1) is 0 Å². The van der Waals surface area contributed by atoms with Crippen LogP contribution in [-0.4, -0.2) is 41.1 Å². The minimum Gasteiger partial charge on any atom is -0.353 e. The molecule has 0 saturated carbocycles. The summed E-state index contributed by atoms with van der Waals surface area (Å²) in [6.07, 6.45) is -3.62. The van der Waals surface area contributed by atoms with Gasteiger partial charge in [-0.2, -0.15) is 13.2 Å². The van der Waals surface area contributed by atoms with Crippen LogP contribution in [0, 0.1) is 13.8 Å². The molecule has 2 aromatic rings. The number of aryl methyl sites for hydroxylation is 2. The summed E-state index contributed by atoms with van der Waals surface area (Å²) in [5, 5.41) is 0.0111. The van der Waals surface area contributed by atoms with Crippen LogP contribution in [0.5, 0.6) is 0 Å². The van der Waals surface area contributed by atoms with Crippen molar-refractivity contribution < 1.29 is 13.2 Å². The van der Waals surface area contributed by atoms with Crippen molar-refractivity contribution in [2.75, 3.05) is 36.0 Å². The molecule has 0 aromatic carbocycles. The fraction of sp³-hybridized carbons (Fsp3) is 0.438. The first-order chi connectivity index (χ1) is 11.7. The van der Waals surface area contributed by atoms with Gasteiger partial charge in [0.05, 0.1) is 10.6 Å². The summed E-state index contributed by atoms with van der Waals surface area (Å²) in [4.78, 5) is 16.6. The molecule has 1 aliphatic rings. The van der Waals surface area contributed by atoms with Gasteiger partial charge in [-0.3, -0.25) is 0 Å². The molecule has 5 nitrogen and oxygen atoms in total. The van der Waals surface area contributed by atoms with Crippen molar-refractivity contribution in [2.45, 2.75) is 20.0 Å². The van der Waals surface area contributed by atoms with Crippen LogP contribution in [-0.2, 0) is 6.18 Å². The van der Waals surface area contributed by atoms with Gasteiger partial charge in [0, 0.05) is 44.1 Å². The Morgan fingerprint density at radius 3 is 2.20 bits per heavy atom. The maximum absolute atomic E-state index is 12.7. The Balaban J connectivity index is 1.72. The summed E-state index contributed by atoms with van der Waals surface area (Å²) in [6.45, 7) is 6.31. The zero-order valence-electron chi connectivity index (χ0n) is 13.8. The van der Waals surface area contributed by atoms with E-state index in [0.29, 0.717) is 37.8 Å². The summed E-state index contributed by atoms with van der Waals surface area (Å²) < 4.78 is 38.1. The van der Waals surface area contributed by atoms with Gasteiger partial charge in [0.25, 0.3) is 0 Å². The lowest BCUT2D eigenvalue weighted by molar-refractivity contribution is -0.137. The number of rotatable bonds is 2. The van der Waals surface area contributed by atoms with Crippen LogP contribution in [0.4, 0.5) is 24.8 Å². The van der Waals surface area contributed by atoms with Crippen LogP contribution in [0.15, 0.2) is 18.3 Å². The highest BCUT2D eigenvalue weighted by molar-refractivity contribution is 6.33. The topological polar surface area (TPSA) is 45.2 Å². The van der Waals surface area contributed by atoms with Crippen molar-refractivity contribution in [3.63, 3.8) is 0 Å². The maximum Gasteiger partial charge on any atom is 0.417 e. The van der Waals surface area contributed by atoms with Gasteiger partial charge in [0.15, 0.2) is 0 Å². The summed E-state index contributed by atoms with van der Waals surface area (Å²) in [7, 11) is 0. The molecule has 9 heteroatoms. The fourth-order valence-corrected chi connectivity index (χ4v) is 3.11. The molecule has 1 saturated heterocycles. The molecule has 0 aliphatic carbocycles. The standard InChI is InChI=1S/C16H17ClF3N5/c1-10-7-14(23-11(2)22-10)24-3-5-25(6-4-24)15-13(17)8-12(9-21-15)16(18,19)20/h7-9H,3-6H2,1-2H3. The van der Waals surface area contributed by atoms with Crippen molar-refractivity contribution in [1.29, 1.82) is 0 Å². The Kier molecular flexibility index (Phi) is 4.73. The lowest BCUT2D eigenvalue weighted by atomic mass is 10.2. The molecule has 0 spiro atoms. The number of anilines is 2. The van der Waals surface area contributed by atoms with Crippen molar-refractivity contribution >= 4 is 23.2 Å². The van der Waals surface area contributed by atoms with Crippen LogP contribution in [0.2, 0.25) is 5.02 Å². The number of nitrogens with zero attached hydrogens (tertiary/aromatic N) is 5. The van der Waals surface area contributed by atoms with Crippen LogP contribution in [0.25, 0.3) is 0 Å². The third-order valence-electron chi connectivity index (χ3n) is 4.00. The molecule has 0 N–H and O–H groups in total. The second kappa shape index (κ2) is 6.67. The Bertz CT molecular complexity index is 753. The molecule has 3 heterocycles. The van der Waals surface area contributed by atoms with Crippen LogP contribution >= 0.6 is 11.6 Å². The summed E-state index contributed by atoms with van der Waals surface area (Å²) in [5.74, 6) is 1.95. The highest BCUT2D eigenvalue weighted by Crippen LogP contribution is 2.33. The third-order valence-corrected chi connectivity index (χ3v) is 4.28. The Hall–Kier alpha value is -2.09. The van der Waals surface area contributed by atoms with Gasteiger partial charge < -0.3 is 9.80 Å². The number of aromatic nitrogens is 3. The molecule has 0 bridgehead atoms. The molecule has 0 atom stereocenters. The highest BCUT2D eigenvalue weighted by Gasteiger charge is 2.32. The van der Waals surface area contributed by atoms with E-state index in [0.717, 1.165) is 23.8 Å². The van der Waals surface area contributed by atoms with E-state index in [4.69, 9.17) is 11.6 Å². The van der Waals surface area contributed by atoms with E-state index < -0.39 is 11.7 Å². The Morgan fingerprint density at radius 1 is 1.00 bits per heavy atom. The second-order valence-corrected chi connectivity index (χ2v) is 6.32. The van der Waals surface area contributed by atoms with Gasteiger partial charge in [-0.1, -0.05) is 11.6 Å². The largest absolute Gasteiger partial charge is 0.417 e. The van der Waals surface area contributed by atoms with Crippen molar-refractivity contribution in [3.05, 3.63) is 40.4 Å². The number of piperazine rings is 1. The molecule has 25 heavy (non-hydrogen) atoms. The second-order valence-electron chi connectivity index (χ2n) is 5.92. The first-order valence-electron chi connectivity index (χ1n) is 7.79. The molecule has 1 aliphatic heterocycles. The predicted octanol–water partition coefficient (Wildman–Crippen LogP) is 3.49. The van der Waals surface area contributed by atoms with Crippen LogP contribution < -0.4 is 9.80 Å². The average Bonchev–Trinajstić information content (AvgIpc) is 2.53. The first kappa shape index (κ1) is 17.7. The van der Waals surface area contributed by atoms with E-state index in [9.17, 15) is 13.2 Å². The van der Waals surface area contributed by atoms with Crippen LogP contribution in [0.1, 0.15) is 17.1 Å². The monoisotopic (exact) mass is 371 g/mol. The molecule has 3 rings (SSSR count). The lowest BCUT2D eigenvalue weighted by Crippen LogP contribution is -2.47. The normalized spacial score (nSPS) is 15.6. The van der Waals surface area contributed by atoms with Gasteiger partial charge in [-0.25, -0.2) is 15.0 Å². The summed E-state index contributed by atoms with van der Waals surface area (Å²) in [5.41, 5.74) is 0.0594. The van der Waals surface area contributed by atoms with E-state index >= 15 is 0 Å². The highest BCUT2D eigenvalue weighted by atomic mass is 35.5. The maximum atomic E-state index is 12.7. The van der Waals surface area contributed by atoms with Crippen molar-refractivity contribution in [2.24, 2.45) is 0 Å². The van der Waals surface area contributed by atoms with Gasteiger partial charge in [0.2, 0.25) is 0 Å². The van der Waals surface area contributed by atoms with E-state index in [2.05, 4.69) is 19.9 Å². The zero-order chi connectivity index (χ0) is 18.2. The smallest absolute Gasteiger partial charge is 0.353 e. The molecule has 0 radical (unpaired) electrons. The molecule has 1 fully saturated rings. The number of hydrogen-bond acceptors (Lipinski definition) is 5. The minimum absolute atomic E-state index is 0.0111. The van der Waals surface area contributed by atoms with Crippen LogP contribution in [0.3, 0.4) is 0 Å². The van der Waals surface area contributed by atoms with Crippen molar-refractivity contribution in [1.82, 2.24) is 15.0 Å². The number of alkyl halides is 3. The van der Waals surface area contributed by atoms with E-state index in [1.54, 1.807) is 0 Å². The SMILES string of the molecule is Cc1cc(N2CCN(c3ncc(C(F)(F)F)cc3Cl)CC2)nc(C)n1. The summed E-state index contributed by atoms with van der Waals surface area (Å²) >= 11 is 6.03. The van der Waals surface area contributed by atoms with Gasteiger partial charge in [-0.05, 0) is 19.9 Å². The van der Waals surface area contributed by atoms with Gasteiger partial charge in [0.1, 0.15) is 17.5 Å². The first-order valence-corrected chi connectivity index (χ1v) is 8.17. The quantitative estimate of drug-likeness (QED) is 0.808. The molecule has 0 amide bonds. The predicted molar refractivity (Wildman–Crippen MR) is 90.2 cm³/mol. The molecule has 134 valence electrons. The van der Waals surface area contributed by atoms with E-state index in [-0.39, 0.29) is 5.02 Å². The summed E-state index contributed by atoms with van der Waals surface area (Å²) in [6, 6.07) is 2.85. The van der Waals surface area contributed by atoms with E-state index in [1.165, 1.54) is 0 Å². The van der Waals surface area contributed by atoms with E-state index in [1.807, 2.05) is 24.8 Å². The Labute approximate surface area is 148 Å². The molecular weight excluding hydrogens is 355 g/mol. The van der Waals surface area contributed by atoms with Gasteiger partial charge >= 0.3 is 6.18 Å². The molecule has 2 aromatic heterocycles. The number of hydrogen-bond donors (Lipinski definition) is 0.